The molecular weight excluding hydrogens is 246 g/mol. The zero-order valence-electron chi connectivity index (χ0n) is 10.3. The lowest BCUT2D eigenvalue weighted by Gasteiger charge is -2.30. The van der Waals surface area contributed by atoms with Crippen molar-refractivity contribution in [2.45, 2.75) is 19.1 Å². The summed E-state index contributed by atoms with van der Waals surface area (Å²) in [6, 6.07) is 7.28. The van der Waals surface area contributed by atoms with Gasteiger partial charge in [-0.05, 0) is 19.1 Å². The molecule has 6 heteroatoms. The second-order valence-corrected chi connectivity index (χ2v) is 4.24. The van der Waals surface area contributed by atoms with Crippen LogP contribution in [0, 0.1) is 0 Å². The monoisotopic (exact) mass is 259 g/mol. The van der Waals surface area contributed by atoms with E-state index < -0.39 is 6.10 Å². The Morgan fingerprint density at radius 1 is 1.32 bits per heavy atom. The van der Waals surface area contributed by atoms with Crippen molar-refractivity contribution < 1.29 is 14.3 Å². The van der Waals surface area contributed by atoms with E-state index in [1.54, 1.807) is 25.4 Å². The molecule has 0 saturated carbocycles. The number of imidazole rings is 1. The highest BCUT2D eigenvalue weighted by atomic mass is 16.6. The minimum atomic E-state index is -0.708. The van der Waals surface area contributed by atoms with Crippen LogP contribution in [0.4, 0.5) is 5.95 Å². The molecule has 0 bridgehead atoms. The molecule has 98 valence electrons. The van der Waals surface area contributed by atoms with Gasteiger partial charge in [-0.25, -0.2) is 4.98 Å². The molecule has 2 unspecified atom stereocenters. The fraction of sp³-hybridized carbons (Fsp3) is 0.231. The van der Waals surface area contributed by atoms with Crippen molar-refractivity contribution in [2.24, 2.45) is 0 Å². The Labute approximate surface area is 109 Å². The van der Waals surface area contributed by atoms with Crippen molar-refractivity contribution in [2.75, 3.05) is 5.32 Å². The molecule has 2 N–H and O–H groups in total. The number of ether oxygens (including phenoxy) is 2. The van der Waals surface area contributed by atoms with Crippen molar-refractivity contribution in [1.29, 1.82) is 0 Å². The van der Waals surface area contributed by atoms with Crippen LogP contribution >= 0.6 is 0 Å². The van der Waals surface area contributed by atoms with E-state index in [1.807, 2.05) is 18.2 Å². The highest BCUT2D eigenvalue weighted by Crippen LogP contribution is 2.33. The lowest BCUT2D eigenvalue weighted by molar-refractivity contribution is -0.128. The number of aromatic nitrogens is 2. The molecule has 2 aromatic rings. The minimum absolute atomic E-state index is 0.294. The average molecular weight is 259 g/mol. The van der Waals surface area contributed by atoms with Crippen molar-refractivity contribution in [3.05, 3.63) is 36.7 Å². The zero-order chi connectivity index (χ0) is 13.2. The third kappa shape index (κ3) is 2.24. The van der Waals surface area contributed by atoms with Crippen LogP contribution in [0.25, 0.3) is 0 Å². The van der Waals surface area contributed by atoms with Crippen molar-refractivity contribution in [1.82, 2.24) is 9.97 Å². The molecule has 3 rings (SSSR count). The van der Waals surface area contributed by atoms with Crippen LogP contribution in [0.5, 0.6) is 11.5 Å². The number of aromatic amines is 1. The molecule has 2 atom stereocenters. The molecule has 0 radical (unpaired) electrons. The summed E-state index contributed by atoms with van der Waals surface area (Å²) in [5.74, 6) is 1.31. The highest BCUT2D eigenvalue weighted by Gasteiger charge is 2.34. The van der Waals surface area contributed by atoms with Crippen LogP contribution < -0.4 is 14.8 Å². The Balaban J connectivity index is 1.77. The summed E-state index contributed by atoms with van der Waals surface area (Å²) in [7, 11) is 0. The van der Waals surface area contributed by atoms with Gasteiger partial charge < -0.3 is 14.5 Å². The van der Waals surface area contributed by atoms with Gasteiger partial charge in [-0.15, -0.1) is 0 Å². The Hall–Kier alpha value is -2.50. The number of H-pyrrole nitrogens is 1. The molecule has 1 aliphatic heterocycles. The maximum atomic E-state index is 12.1. The van der Waals surface area contributed by atoms with Crippen LogP contribution in [0.15, 0.2) is 36.7 Å². The van der Waals surface area contributed by atoms with E-state index in [0.717, 1.165) is 0 Å². The fourth-order valence-electron chi connectivity index (χ4n) is 1.93. The molecule has 2 heterocycles. The minimum Gasteiger partial charge on any atom is -0.482 e. The van der Waals surface area contributed by atoms with Crippen LogP contribution in [0.1, 0.15) is 6.92 Å². The molecular formula is C13H13N3O3. The Morgan fingerprint density at radius 2 is 2.05 bits per heavy atom. The number of carbonyl (C=O) groups excluding carboxylic acids is 1. The molecule has 0 spiro atoms. The second kappa shape index (κ2) is 4.64. The number of amides is 1. The van der Waals surface area contributed by atoms with E-state index in [9.17, 15) is 4.79 Å². The predicted molar refractivity (Wildman–Crippen MR) is 68.2 cm³/mol. The van der Waals surface area contributed by atoms with Gasteiger partial charge in [0.25, 0.3) is 5.91 Å². The molecule has 1 aliphatic rings. The summed E-state index contributed by atoms with van der Waals surface area (Å²) in [5.41, 5.74) is 0. The molecule has 1 aromatic heterocycles. The highest BCUT2D eigenvalue weighted by molar-refractivity contribution is 5.93. The SMILES string of the molecule is CC1Oc2ccccc2OC1C(=O)Nc1ncc[nH]1. The van der Waals surface area contributed by atoms with Gasteiger partial charge in [0.2, 0.25) is 12.1 Å². The first-order valence-corrected chi connectivity index (χ1v) is 5.96. The van der Waals surface area contributed by atoms with Gasteiger partial charge >= 0.3 is 0 Å². The van der Waals surface area contributed by atoms with Crippen molar-refractivity contribution in [3.8, 4) is 11.5 Å². The quantitative estimate of drug-likeness (QED) is 0.858. The first kappa shape index (κ1) is 11.6. The number of anilines is 1. The van der Waals surface area contributed by atoms with Gasteiger partial charge in [-0.3, -0.25) is 10.1 Å². The van der Waals surface area contributed by atoms with E-state index in [1.165, 1.54) is 0 Å². The Kier molecular flexibility index (Phi) is 2.83. The third-order valence-electron chi connectivity index (χ3n) is 2.84. The molecule has 1 amide bonds. The first-order valence-electron chi connectivity index (χ1n) is 5.96. The lowest BCUT2D eigenvalue weighted by atomic mass is 10.1. The van der Waals surface area contributed by atoms with Crippen LogP contribution in [0.3, 0.4) is 0 Å². The Morgan fingerprint density at radius 3 is 2.74 bits per heavy atom. The van der Waals surface area contributed by atoms with Crippen molar-refractivity contribution >= 4 is 11.9 Å². The summed E-state index contributed by atoms with van der Waals surface area (Å²) in [5, 5.41) is 2.64. The van der Waals surface area contributed by atoms with Gasteiger partial charge in [0.05, 0.1) is 0 Å². The number of nitrogens with one attached hydrogen (secondary N) is 2. The number of hydrogen-bond acceptors (Lipinski definition) is 4. The van der Waals surface area contributed by atoms with Gasteiger partial charge in [0.15, 0.2) is 11.5 Å². The van der Waals surface area contributed by atoms with Crippen LogP contribution in [0.2, 0.25) is 0 Å². The van der Waals surface area contributed by atoms with E-state index in [-0.39, 0.29) is 12.0 Å². The number of rotatable bonds is 2. The summed E-state index contributed by atoms with van der Waals surface area (Å²) in [4.78, 5) is 18.8. The van der Waals surface area contributed by atoms with Crippen LogP contribution in [-0.2, 0) is 4.79 Å². The maximum Gasteiger partial charge on any atom is 0.271 e. The number of fused-ring (bicyclic) bond motifs is 1. The molecule has 6 nitrogen and oxygen atoms in total. The number of nitrogens with zero attached hydrogens (tertiary/aromatic N) is 1. The second-order valence-electron chi connectivity index (χ2n) is 4.24. The standard InChI is InChI=1S/C13H13N3O3/c1-8-11(12(17)16-13-14-6-7-15-13)19-10-5-3-2-4-9(10)18-8/h2-8,11H,1H3,(H2,14,15,16,17). The largest absolute Gasteiger partial charge is 0.482 e. The summed E-state index contributed by atoms with van der Waals surface area (Å²) in [6.07, 6.45) is 2.11. The number of benzene rings is 1. The zero-order valence-corrected chi connectivity index (χ0v) is 10.3. The van der Waals surface area contributed by atoms with Gasteiger partial charge in [0.1, 0.15) is 6.10 Å². The number of para-hydroxylation sites is 2. The summed E-state index contributed by atoms with van der Waals surface area (Å²) < 4.78 is 11.3. The van der Waals surface area contributed by atoms with E-state index in [4.69, 9.17) is 9.47 Å². The van der Waals surface area contributed by atoms with Gasteiger partial charge in [0, 0.05) is 12.4 Å². The van der Waals surface area contributed by atoms with E-state index >= 15 is 0 Å². The summed E-state index contributed by atoms with van der Waals surface area (Å²) in [6.45, 7) is 1.79. The predicted octanol–water partition coefficient (Wildman–Crippen LogP) is 1.58. The number of hydrogen-bond donors (Lipinski definition) is 2. The van der Waals surface area contributed by atoms with E-state index in [0.29, 0.717) is 17.4 Å². The van der Waals surface area contributed by atoms with Crippen molar-refractivity contribution in [3.63, 3.8) is 0 Å². The molecule has 1 aromatic carbocycles. The van der Waals surface area contributed by atoms with Gasteiger partial charge in [-0.2, -0.15) is 0 Å². The topological polar surface area (TPSA) is 76.2 Å². The average Bonchev–Trinajstić information content (AvgIpc) is 2.90. The first-order chi connectivity index (χ1) is 9.24. The molecule has 0 fully saturated rings. The third-order valence-corrected chi connectivity index (χ3v) is 2.84. The normalized spacial score (nSPS) is 20.9. The maximum absolute atomic E-state index is 12.1. The fourth-order valence-corrected chi connectivity index (χ4v) is 1.93. The van der Waals surface area contributed by atoms with E-state index in [2.05, 4.69) is 15.3 Å². The van der Waals surface area contributed by atoms with Gasteiger partial charge in [-0.1, -0.05) is 12.1 Å². The molecule has 0 aliphatic carbocycles. The number of carbonyl (C=O) groups is 1. The summed E-state index contributed by atoms with van der Waals surface area (Å²) >= 11 is 0. The molecule has 19 heavy (non-hydrogen) atoms. The Bertz CT molecular complexity index is 583. The lowest BCUT2D eigenvalue weighted by Crippen LogP contribution is -2.46. The smallest absolute Gasteiger partial charge is 0.271 e. The molecule has 0 saturated heterocycles. The van der Waals surface area contributed by atoms with Crippen LogP contribution in [-0.4, -0.2) is 28.1 Å².